The zero-order chi connectivity index (χ0) is 21.1. The fraction of sp³-hybridized carbons (Fsp3) is 0.190. The number of ether oxygens (including phenoxy) is 1. The van der Waals surface area contributed by atoms with Crippen LogP contribution in [0.4, 0.5) is 11.6 Å². The van der Waals surface area contributed by atoms with Crippen LogP contribution in [0, 0.1) is 0 Å². The predicted octanol–water partition coefficient (Wildman–Crippen LogP) is 3.73. The van der Waals surface area contributed by atoms with Gasteiger partial charge in [0.1, 0.15) is 9.04 Å². The first-order chi connectivity index (χ1) is 14.6. The second-order valence-corrected chi connectivity index (χ2v) is 9.40. The van der Waals surface area contributed by atoms with Gasteiger partial charge in [-0.3, -0.25) is 4.21 Å². The van der Waals surface area contributed by atoms with Crippen molar-refractivity contribution >= 4 is 44.0 Å². The Morgan fingerprint density at radius 1 is 1.10 bits per heavy atom. The van der Waals surface area contributed by atoms with Crippen molar-refractivity contribution < 1.29 is 8.95 Å². The Kier molecular flexibility index (Phi) is 6.03. The predicted molar refractivity (Wildman–Crippen MR) is 123 cm³/mol. The van der Waals surface area contributed by atoms with Crippen molar-refractivity contribution in [3.63, 3.8) is 0 Å². The van der Waals surface area contributed by atoms with Gasteiger partial charge in [-0.15, -0.1) is 11.3 Å². The second kappa shape index (κ2) is 8.86. The van der Waals surface area contributed by atoms with Crippen molar-refractivity contribution in [2.45, 2.75) is 10.6 Å². The fourth-order valence-electron chi connectivity index (χ4n) is 3.16. The number of aromatic nitrogens is 3. The third-order valence-electron chi connectivity index (χ3n) is 4.60. The van der Waals surface area contributed by atoms with Crippen molar-refractivity contribution in [3.8, 4) is 22.4 Å². The second-order valence-electron chi connectivity index (χ2n) is 6.63. The number of hydrogen-bond acceptors (Lipinski definition) is 8. The first kappa shape index (κ1) is 20.4. The number of benzene rings is 1. The minimum Gasteiger partial charge on any atom is -0.396 e. The molecule has 154 valence electrons. The van der Waals surface area contributed by atoms with E-state index in [1.54, 1.807) is 19.5 Å². The third-order valence-corrected chi connectivity index (χ3v) is 7.60. The average Bonchev–Trinajstić information content (AvgIpc) is 3.11. The lowest BCUT2D eigenvalue weighted by molar-refractivity contribution is 0.200. The molecule has 0 saturated heterocycles. The van der Waals surface area contributed by atoms with Crippen molar-refractivity contribution in [2.24, 2.45) is 0 Å². The molecule has 0 aliphatic carbocycles. The molecule has 0 radical (unpaired) electrons. The summed E-state index contributed by atoms with van der Waals surface area (Å²) < 4.78 is 18.6. The minimum absolute atomic E-state index is 0.206. The van der Waals surface area contributed by atoms with E-state index in [-0.39, 0.29) is 5.95 Å². The molecule has 0 amide bonds. The molecular weight excluding hydrogens is 418 g/mol. The highest BCUT2D eigenvalue weighted by Gasteiger charge is 2.21. The van der Waals surface area contributed by atoms with Crippen LogP contribution in [0.2, 0.25) is 0 Å². The van der Waals surface area contributed by atoms with Crippen LogP contribution < -0.4 is 11.5 Å². The summed E-state index contributed by atoms with van der Waals surface area (Å²) in [5, 5.41) is 0.821. The minimum atomic E-state index is -1.22. The summed E-state index contributed by atoms with van der Waals surface area (Å²) in [7, 11) is 0.418. The van der Waals surface area contributed by atoms with E-state index in [1.165, 1.54) is 11.3 Å². The Hall–Kier alpha value is -2.88. The number of nitrogen functional groups attached to an aromatic ring is 2. The highest BCUT2D eigenvalue weighted by Crippen LogP contribution is 2.42. The molecule has 30 heavy (non-hydrogen) atoms. The number of fused-ring (bicyclic) bond motifs is 1. The molecule has 4 rings (SSSR count). The Labute approximate surface area is 180 Å². The van der Waals surface area contributed by atoms with Crippen LogP contribution in [0.1, 0.15) is 6.42 Å². The maximum Gasteiger partial charge on any atom is 0.219 e. The number of hydrogen-bond donors (Lipinski definition) is 2. The molecule has 4 aromatic rings. The normalized spacial score (nSPS) is 12.3. The molecule has 0 aliphatic rings. The van der Waals surface area contributed by atoms with E-state index < -0.39 is 10.8 Å². The van der Waals surface area contributed by atoms with Crippen LogP contribution in [0.25, 0.3) is 32.6 Å². The molecule has 7 nitrogen and oxygen atoms in total. The first-order valence-electron chi connectivity index (χ1n) is 9.32. The summed E-state index contributed by atoms with van der Waals surface area (Å²) in [6.45, 7) is 0.561. The monoisotopic (exact) mass is 439 g/mol. The molecule has 0 fully saturated rings. The van der Waals surface area contributed by atoms with Gasteiger partial charge in [-0.2, -0.15) is 0 Å². The van der Waals surface area contributed by atoms with Crippen LogP contribution >= 0.6 is 11.3 Å². The third kappa shape index (κ3) is 4.04. The standard InChI is InChI=1S/C21H21N5O2S2/c1-28-8-5-9-30(27)20-18(22)17-15(13-6-3-2-4-7-13)10-16(26-19(17)29-20)14-11-24-21(23)25-12-14/h2-4,6-7,10-12H,5,8-9,22H2,1H3,(H2,23,24,25)/t30-/m0/s1. The number of rotatable bonds is 7. The van der Waals surface area contributed by atoms with E-state index in [0.717, 1.165) is 26.9 Å². The number of thiophene rings is 1. The van der Waals surface area contributed by atoms with Crippen LogP contribution in [0.3, 0.4) is 0 Å². The molecule has 0 saturated carbocycles. The van der Waals surface area contributed by atoms with Crippen LogP contribution in [0.5, 0.6) is 0 Å². The van der Waals surface area contributed by atoms with Crippen molar-refractivity contribution in [1.29, 1.82) is 0 Å². The number of methoxy groups -OCH3 is 1. The summed E-state index contributed by atoms with van der Waals surface area (Å²) in [5.41, 5.74) is 16.0. The van der Waals surface area contributed by atoms with Gasteiger partial charge in [0.25, 0.3) is 0 Å². The highest BCUT2D eigenvalue weighted by molar-refractivity contribution is 7.87. The molecule has 1 atom stereocenters. The van der Waals surface area contributed by atoms with Crippen LogP contribution in [-0.4, -0.2) is 38.6 Å². The smallest absolute Gasteiger partial charge is 0.219 e. The summed E-state index contributed by atoms with van der Waals surface area (Å²) in [6.07, 6.45) is 3.99. The Balaban J connectivity index is 1.89. The summed E-state index contributed by atoms with van der Waals surface area (Å²) in [6, 6.07) is 11.9. The first-order valence-corrected chi connectivity index (χ1v) is 11.5. The van der Waals surface area contributed by atoms with Gasteiger partial charge in [-0.05, 0) is 23.6 Å². The largest absolute Gasteiger partial charge is 0.396 e. The van der Waals surface area contributed by atoms with E-state index in [1.807, 2.05) is 36.4 Å². The number of pyridine rings is 1. The molecule has 0 spiro atoms. The van der Waals surface area contributed by atoms with Crippen molar-refractivity contribution in [3.05, 3.63) is 48.8 Å². The summed E-state index contributed by atoms with van der Waals surface area (Å²) in [4.78, 5) is 13.7. The lowest BCUT2D eigenvalue weighted by Gasteiger charge is -2.08. The molecule has 0 aliphatic heterocycles. The Bertz CT molecular complexity index is 1190. The molecule has 3 heterocycles. The van der Waals surface area contributed by atoms with E-state index in [0.29, 0.717) is 34.4 Å². The molecule has 3 aromatic heterocycles. The van der Waals surface area contributed by atoms with Gasteiger partial charge in [0.2, 0.25) is 5.95 Å². The zero-order valence-corrected chi connectivity index (χ0v) is 18.0. The molecule has 0 unspecified atom stereocenters. The van der Waals surface area contributed by atoms with Crippen LogP contribution in [0.15, 0.2) is 53.0 Å². The van der Waals surface area contributed by atoms with Gasteiger partial charge < -0.3 is 16.2 Å². The lowest BCUT2D eigenvalue weighted by Crippen LogP contribution is -2.02. The van der Waals surface area contributed by atoms with Gasteiger partial charge in [-0.25, -0.2) is 15.0 Å². The van der Waals surface area contributed by atoms with E-state index in [9.17, 15) is 4.21 Å². The molecular formula is C21H21N5O2S2. The molecule has 1 aromatic carbocycles. The van der Waals surface area contributed by atoms with Gasteiger partial charge in [0.05, 0.1) is 22.2 Å². The van der Waals surface area contributed by atoms with Crippen molar-refractivity contribution in [1.82, 2.24) is 15.0 Å². The van der Waals surface area contributed by atoms with E-state index in [2.05, 4.69) is 9.97 Å². The number of nitrogens with zero attached hydrogens (tertiary/aromatic N) is 3. The van der Waals surface area contributed by atoms with E-state index in [4.69, 9.17) is 21.2 Å². The number of nitrogens with two attached hydrogens (primary N) is 2. The topological polar surface area (TPSA) is 117 Å². The lowest BCUT2D eigenvalue weighted by atomic mass is 10.0. The van der Waals surface area contributed by atoms with Gasteiger partial charge in [0, 0.05) is 42.8 Å². The molecule has 9 heteroatoms. The fourth-order valence-corrected chi connectivity index (χ4v) is 5.79. The van der Waals surface area contributed by atoms with Gasteiger partial charge in [0.15, 0.2) is 0 Å². The zero-order valence-electron chi connectivity index (χ0n) is 16.4. The quantitative estimate of drug-likeness (QED) is 0.421. The van der Waals surface area contributed by atoms with Crippen molar-refractivity contribution in [2.75, 3.05) is 30.9 Å². The Morgan fingerprint density at radius 2 is 1.83 bits per heavy atom. The maximum absolute atomic E-state index is 12.9. The molecule has 0 bridgehead atoms. The van der Waals surface area contributed by atoms with Gasteiger partial charge >= 0.3 is 0 Å². The van der Waals surface area contributed by atoms with Crippen LogP contribution in [-0.2, 0) is 15.5 Å². The van der Waals surface area contributed by atoms with Gasteiger partial charge in [-0.1, -0.05) is 30.3 Å². The SMILES string of the molecule is COCCC[S@](=O)c1sc2nc(-c3cnc(N)nc3)cc(-c3ccccc3)c2c1N. The van der Waals surface area contributed by atoms with E-state index >= 15 is 0 Å². The number of anilines is 2. The molecule has 4 N–H and O–H groups in total. The highest BCUT2D eigenvalue weighted by atomic mass is 32.2. The average molecular weight is 440 g/mol. The maximum atomic E-state index is 12.9. The Morgan fingerprint density at radius 3 is 2.53 bits per heavy atom. The summed E-state index contributed by atoms with van der Waals surface area (Å²) in [5.74, 6) is 0.696. The summed E-state index contributed by atoms with van der Waals surface area (Å²) >= 11 is 1.37.